The van der Waals surface area contributed by atoms with Gasteiger partial charge in [-0.05, 0) is 37.0 Å². The van der Waals surface area contributed by atoms with Crippen molar-refractivity contribution in [1.29, 1.82) is 0 Å². The first-order chi connectivity index (χ1) is 6.63. The van der Waals surface area contributed by atoms with Gasteiger partial charge in [0.05, 0.1) is 5.56 Å². The van der Waals surface area contributed by atoms with Gasteiger partial charge in [0.25, 0.3) is 0 Å². The Labute approximate surface area is 85.2 Å². The summed E-state index contributed by atoms with van der Waals surface area (Å²) in [5, 5.41) is 0. The summed E-state index contributed by atoms with van der Waals surface area (Å²) < 4.78 is 13.2. The van der Waals surface area contributed by atoms with Crippen LogP contribution in [0.25, 0.3) is 0 Å². The second kappa shape index (κ2) is 4.81. The highest BCUT2D eigenvalue weighted by molar-refractivity contribution is 5.38. The van der Waals surface area contributed by atoms with E-state index in [1.165, 1.54) is 6.07 Å². The molecule has 0 aliphatic heterocycles. The van der Waals surface area contributed by atoms with Gasteiger partial charge in [-0.1, -0.05) is 25.8 Å². The summed E-state index contributed by atoms with van der Waals surface area (Å²) in [6.07, 6.45) is 0.971. The van der Waals surface area contributed by atoms with Crippen molar-refractivity contribution in [2.75, 3.05) is 0 Å². The van der Waals surface area contributed by atoms with E-state index in [4.69, 9.17) is 0 Å². The first kappa shape index (κ1) is 10.8. The summed E-state index contributed by atoms with van der Waals surface area (Å²) in [7, 11) is 0. The minimum atomic E-state index is -0.230. The van der Waals surface area contributed by atoms with Crippen molar-refractivity contribution in [1.82, 2.24) is 0 Å². The van der Waals surface area contributed by atoms with E-state index in [1.54, 1.807) is 6.92 Å². The zero-order valence-electron chi connectivity index (χ0n) is 8.89. The Hall–Kier alpha value is -1.29. The number of hydrogen-bond donors (Lipinski definition) is 0. The molecule has 1 heteroatoms. The van der Waals surface area contributed by atoms with Crippen LogP contribution in [0.3, 0.4) is 0 Å². The standard InChI is InChI=1S/C13H15F/c1-4-5-12-9-11(8-10(2)3)6-7-13(12)14/h6-7,9-10H,8H2,1-3H3. The Bertz CT molecular complexity index is 367. The van der Waals surface area contributed by atoms with E-state index in [9.17, 15) is 4.39 Å². The van der Waals surface area contributed by atoms with Crippen LogP contribution in [0.1, 0.15) is 31.9 Å². The highest BCUT2D eigenvalue weighted by Crippen LogP contribution is 2.13. The minimum absolute atomic E-state index is 0.230. The van der Waals surface area contributed by atoms with E-state index >= 15 is 0 Å². The number of halogens is 1. The van der Waals surface area contributed by atoms with Crippen LogP contribution >= 0.6 is 0 Å². The van der Waals surface area contributed by atoms with Crippen molar-refractivity contribution in [2.45, 2.75) is 27.2 Å². The fourth-order valence-electron chi connectivity index (χ4n) is 1.40. The molecule has 1 aromatic rings. The summed E-state index contributed by atoms with van der Waals surface area (Å²) in [6, 6.07) is 5.17. The summed E-state index contributed by atoms with van der Waals surface area (Å²) in [5.74, 6) is 5.84. The second-order valence-electron chi connectivity index (χ2n) is 3.79. The quantitative estimate of drug-likeness (QED) is 0.627. The smallest absolute Gasteiger partial charge is 0.138 e. The topological polar surface area (TPSA) is 0 Å². The monoisotopic (exact) mass is 190 g/mol. The van der Waals surface area contributed by atoms with Gasteiger partial charge in [-0.3, -0.25) is 0 Å². The Kier molecular flexibility index (Phi) is 3.71. The molecule has 0 spiro atoms. The average molecular weight is 190 g/mol. The largest absolute Gasteiger partial charge is 0.206 e. The molecule has 0 aliphatic carbocycles. The first-order valence-electron chi connectivity index (χ1n) is 4.84. The molecule has 0 aromatic heterocycles. The number of rotatable bonds is 2. The molecule has 0 nitrogen and oxygen atoms in total. The lowest BCUT2D eigenvalue weighted by Gasteiger charge is -2.05. The van der Waals surface area contributed by atoms with Crippen LogP contribution in [0.5, 0.6) is 0 Å². The maximum Gasteiger partial charge on any atom is 0.138 e. The molecule has 0 bridgehead atoms. The van der Waals surface area contributed by atoms with Gasteiger partial charge in [0, 0.05) is 0 Å². The Morgan fingerprint density at radius 3 is 2.64 bits per heavy atom. The Morgan fingerprint density at radius 2 is 2.07 bits per heavy atom. The average Bonchev–Trinajstić information content (AvgIpc) is 2.10. The van der Waals surface area contributed by atoms with Crippen LogP contribution < -0.4 is 0 Å². The maximum atomic E-state index is 13.2. The van der Waals surface area contributed by atoms with Crippen LogP contribution in [-0.2, 0) is 6.42 Å². The lowest BCUT2D eigenvalue weighted by molar-refractivity contribution is 0.617. The fourth-order valence-corrected chi connectivity index (χ4v) is 1.40. The molecular formula is C13H15F. The van der Waals surface area contributed by atoms with Crippen molar-refractivity contribution >= 4 is 0 Å². The van der Waals surface area contributed by atoms with E-state index in [0.717, 1.165) is 12.0 Å². The lowest BCUT2D eigenvalue weighted by atomic mass is 10.0. The Balaban J connectivity index is 2.98. The predicted octanol–water partition coefficient (Wildman–Crippen LogP) is 3.40. The SMILES string of the molecule is CC#Cc1cc(CC(C)C)ccc1F. The van der Waals surface area contributed by atoms with Crippen LogP contribution in [0.15, 0.2) is 18.2 Å². The van der Waals surface area contributed by atoms with Gasteiger partial charge in [0.2, 0.25) is 0 Å². The van der Waals surface area contributed by atoms with Crippen molar-refractivity contribution in [3.8, 4) is 11.8 Å². The van der Waals surface area contributed by atoms with Gasteiger partial charge in [0.15, 0.2) is 0 Å². The van der Waals surface area contributed by atoms with Crippen molar-refractivity contribution < 1.29 is 4.39 Å². The van der Waals surface area contributed by atoms with Crippen LogP contribution in [0.2, 0.25) is 0 Å². The molecule has 0 heterocycles. The third-order valence-corrected chi connectivity index (χ3v) is 1.93. The second-order valence-corrected chi connectivity index (χ2v) is 3.79. The number of benzene rings is 1. The molecule has 1 aromatic carbocycles. The van der Waals surface area contributed by atoms with E-state index in [-0.39, 0.29) is 5.82 Å². The molecule has 0 unspecified atom stereocenters. The van der Waals surface area contributed by atoms with Crippen LogP contribution in [0, 0.1) is 23.6 Å². The minimum Gasteiger partial charge on any atom is -0.206 e. The normalized spacial score (nSPS) is 9.79. The molecule has 1 rings (SSSR count). The van der Waals surface area contributed by atoms with Gasteiger partial charge in [-0.2, -0.15) is 0 Å². The predicted molar refractivity (Wildman–Crippen MR) is 57.5 cm³/mol. The molecule has 0 aliphatic rings. The Morgan fingerprint density at radius 1 is 1.36 bits per heavy atom. The summed E-state index contributed by atoms with van der Waals surface area (Å²) in [4.78, 5) is 0. The van der Waals surface area contributed by atoms with Crippen LogP contribution in [0.4, 0.5) is 4.39 Å². The van der Waals surface area contributed by atoms with Gasteiger partial charge in [-0.25, -0.2) is 4.39 Å². The molecule has 0 N–H and O–H groups in total. The molecule has 0 saturated heterocycles. The third kappa shape index (κ3) is 2.88. The zero-order valence-corrected chi connectivity index (χ0v) is 8.89. The highest BCUT2D eigenvalue weighted by Gasteiger charge is 2.02. The van der Waals surface area contributed by atoms with Crippen LogP contribution in [-0.4, -0.2) is 0 Å². The van der Waals surface area contributed by atoms with Crippen molar-refractivity contribution in [3.63, 3.8) is 0 Å². The van der Waals surface area contributed by atoms with Crippen molar-refractivity contribution in [2.24, 2.45) is 5.92 Å². The van der Waals surface area contributed by atoms with Gasteiger partial charge >= 0.3 is 0 Å². The number of hydrogen-bond acceptors (Lipinski definition) is 0. The van der Waals surface area contributed by atoms with Gasteiger partial charge in [0.1, 0.15) is 5.82 Å². The first-order valence-corrected chi connectivity index (χ1v) is 4.84. The molecule has 14 heavy (non-hydrogen) atoms. The highest BCUT2D eigenvalue weighted by atomic mass is 19.1. The molecule has 0 radical (unpaired) electrons. The molecule has 74 valence electrons. The molecule has 0 fully saturated rings. The van der Waals surface area contributed by atoms with Gasteiger partial charge in [-0.15, -0.1) is 5.92 Å². The van der Waals surface area contributed by atoms with E-state index < -0.39 is 0 Å². The molecule has 0 saturated carbocycles. The summed E-state index contributed by atoms with van der Waals surface area (Å²) in [6.45, 7) is 6.01. The summed E-state index contributed by atoms with van der Waals surface area (Å²) in [5.41, 5.74) is 1.66. The van der Waals surface area contributed by atoms with E-state index in [1.807, 2.05) is 12.1 Å². The van der Waals surface area contributed by atoms with Crippen molar-refractivity contribution in [3.05, 3.63) is 35.1 Å². The molecule has 0 atom stereocenters. The van der Waals surface area contributed by atoms with Gasteiger partial charge < -0.3 is 0 Å². The zero-order chi connectivity index (χ0) is 10.6. The van der Waals surface area contributed by atoms with E-state index in [2.05, 4.69) is 25.7 Å². The molecule has 0 amide bonds. The third-order valence-electron chi connectivity index (χ3n) is 1.93. The maximum absolute atomic E-state index is 13.2. The summed E-state index contributed by atoms with van der Waals surface area (Å²) >= 11 is 0. The lowest BCUT2D eigenvalue weighted by Crippen LogP contribution is -1.95. The fraction of sp³-hybridized carbons (Fsp3) is 0.385. The van der Waals surface area contributed by atoms with E-state index in [0.29, 0.717) is 11.5 Å². The molecular weight excluding hydrogens is 175 g/mol.